The third-order valence-electron chi connectivity index (χ3n) is 3.55. The van der Waals surface area contributed by atoms with Gasteiger partial charge in [-0.1, -0.05) is 6.07 Å². The molecule has 0 saturated carbocycles. The van der Waals surface area contributed by atoms with Crippen LogP contribution in [0.1, 0.15) is 17.5 Å². The van der Waals surface area contributed by atoms with Crippen molar-refractivity contribution in [3.63, 3.8) is 0 Å². The number of amides is 2. The number of benzene rings is 1. The van der Waals surface area contributed by atoms with Gasteiger partial charge in [0, 0.05) is 5.25 Å². The molecule has 1 aliphatic heterocycles. The lowest BCUT2D eigenvalue weighted by atomic mass is 10.1. The molecule has 2 N–H and O–H groups in total. The highest BCUT2D eigenvalue weighted by Gasteiger charge is 2.28. The molecule has 0 aliphatic carbocycles. The van der Waals surface area contributed by atoms with Gasteiger partial charge in [0.05, 0.1) is 17.3 Å². The molecule has 0 bridgehead atoms. The number of rotatable bonds is 6. The summed E-state index contributed by atoms with van der Waals surface area (Å²) in [6, 6.07) is 5.65. The van der Waals surface area contributed by atoms with Crippen LogP contribution in [0.3, 0.4) is 0 Å². The SMILES string of the molecule is Cc1cc(C)cc(OCC(=O)NNC(=O)CS[C@@H]2CCS(=O)(=O)C2)c1. The Kier molecular flexibility index (Phi) is 6.71. The van der Waals surface area contributed by atoms with Gasteiger partial charge >= 0.3 is 0 Å². The van der Waals surface area contributed by atoms with Crippen LogP contribution in [0.15, 0.2) is 18.2 Å². The fourth-order valence-corrected chi connectivity index (χ4v) is 5.91. The van der Waals surface area contributed by atoms with Crippen molar-refractivity contribution in [3.8, 4) is 5.75 Å². The van der Waals surface area contributed by atoms with Gasteiger partial charge in [-0.05, 0) is 43.5 Å². The van der Waals surface area contributed by atoms with E-state index in [1.807, 2.05) is 32.0 Å². The van der Waals surface area contributed by atoms with Crippen molar-refractivity contribution in [1.82, 2.24) is 10.9 Å². The fraction of sp³-hybridized carbons (Fsp3) is 0.500. The van der Waals surface area contributed by atoms with E-state index < -0.39 is 15.7 Å². The second-order valence-corrected chi connectivity index (χ2v) is 9.56. The van der Waals surface area contributed by atoms with E-state index in [2.05, 4.69) is 10.9 Å². The van der Waals surface area contributed by atoms with Crippen molar-refractivity contribution in [2.75, 3.05) is 23.9 Å². The zero-order valence-corrected chi connectivity index (χ0v) is 15.8. The average molecular weight is 386 g/mol. The molecule has 0 radical (unpaired) electrons. The van der Waals surface area contributed by atoms with Gasteiger partial charge in [-0.15, -0.1) is 11.8 Å². The van der Waals surface area contributed by atoms with E-state index in [9.17, 15) is 18.0 Å². The standard InChI is InChI=1S/C16H22N2O5S2/c1-11-5-12(2)7-13(6-11)23-8-15(19)17-18-16(20)9-24-14-3-4-25(21,22)10-14/h5-7,14H,3-4,8-10H2,1-2H3,(H,17,19)(H,18,20)/t14-/m1/s1. The maximum Gasteiger partial charge on any atom is 0.276 e. The summed E-state index contributed by atoms with van der Waals surface area (Å²) in [4.78, 5) is 23.4. The molecule has 1 heterocycles. The number of hydrazine groups is 1. The first-order valence-corrected chi connectivity index (χ1v) is 10.7. The maximum atomic E-state index is 11.7. The lowest BCUT2D eigenvalue weighted by Gasteiger charge is -2.11. The van der Waals surface area contributed by atoms with Gasteiger partial charge in [0.25, 0.3) is 5.91 Å². The van der Waals surface area contributed by atoms with Crippen LogP contribution in [0.2, 0.25) is 0 Å². The highest BCUT2D eigenvalue weighted by atomic mass is 32.2. The van der Waals surface area contributed by atoms with Gasteiger partial charge in [-0.2, -0.15) is 0 Å². The summed E-state index contributed by atoms with van der Waals surface area (Å²) >= 11 is 1.29. The van der Waals surface area contributed by atoms with Crippen molar-refractivity contribution < 1.29 is 22.7 Å². The summed E-state index contributed by atoms with van der Waals surface area (Å²) in [6.07, 6.45) is 0.566. The summed E-state index contributed by atoms with van der Waals surface area (Å²) in [5.74, 6) is 0.130. The van der Waals surface area contributed by atoms with E-state index in [-0.39, 0.29) is 35.0 Å². The first kappa shape index (κ1) is 19.6. The molecule has 1 aliphatic rings. The van der Waals surface area contributed by atoms with E-state index in [0.717, 1.165) is 11.1 Å². The van der Waals surface area contributed by atoms with Gasteiger partial charge in [0.1, 0.15) is 5.75 Å². The number of carbonyl (C=O) groups excluding carboxylic acids is 2. The summed E-state index contributed by atoms with van der Waals surface area (Å²) in [5, 5.41) is -0.0562. The molecule has 25 heavy (non-hydrogen) atoms. The lowest BCUT2D eigenvalue weighted by Crippen LogP contribution is -2.44. The smallest absolute Gasteiger partial charge is 0.276 e. The highest BCUT2D eigenvalue weighted by molar-refractivity contribution is 8.02. The summed E-state index contributed by atoms with van der Waals surface area (Å²) in [5.41, 5.74) is 6.65. The van der Waals surface area contributed by atoms with Crippen molar-refractivity contribution in [2.24, 2.45) is 0 Å². The van der Waals surface area contributed by atoms with Gasteiger partial charge in [-0.25, -0.2) is 8.42 Å². The molecule has 1 fully saturated rings. The minimum atomic E-state index is -2.95. The van der Waals surface area contributed by atoms with Crippen LogP contribution < -0.4 is 15.6 Å². The Morgan fingerprint density at radius 2 is 1.80 bits per heavy atom. The van der Waals surface area contributed by atoms with Crippen LogP contribution in [0, 0.1) is 13.8 Å². The minimum Gasteiger partial charge on any atom is -0.484 e. The van der Waals surface area contributed by atoms with Crippen LogP contribution in [-0.2, 0) is 19.4 Å². The Labute approximate surface area is 151 Å². The van der Waals surface area contributed by atoms with E-state index in [4.69, 9.17) is 4.74 Å². The fourth-order valence-electron chi connectivity index (χ4n) is 2.46. The predicted molar refractivity (Wildman–Crippen MR) is 97.2 cm³/mol. The summed E-state index contributed by atoms with van der Waals surface area (Å²) in [6.45, 7) is 3.66. The second kappa shape index (κ2) is 8.57. The monoisotopic (exact) mass is 386 g/mol. The molecule has 1 atom stereocenters. The topological polar surface area (TPSA) is 102 Å². The van der Waals surface area contributed by atoms with Crippen LogP contribution in [0.25, 0.3) is 0 Å². The van der Waals surface area contributed by atoms with E-state index in [1.165, 1.54) is 11.8 Å². The zero-order valence-electron chi connectivity index (χ0n) is 14.2. The largest absolute Gasteiger partial charge is 0.484 e. The highest BCUT2D eigenvalue weighted by Crippen LogP contribution is 2.23. The number of aryl methyl sites for hydroxylation is 2. The minimum absolute atomic E-state index is 0.0562. The molecule has 138 valence electrons. The Balaban J connectivity index is 1.65. The molecule has 0 aromatic heterocycles. The molecule has 1 saturated heterocycles. The third kappa shape index (κ3) is 6.95. The molecular weight excluding hydrogens is 364 g/mol. The number of hydrogen-bond donors (Lipinski definition) is 2. The number of thioether (sulfide) groups is 1. The number of nitrogens with one attached hydrogen (secondary N) is 2. The van der Waals surface area contributed by atoms with Gasteiger partial charge in [0.15, 0.2) is 16.4 Å². The van der Waals surface area contributed by atoms with Crippen LogP contribution >= 0.6 is 11.8 Å². The van der Waals surface area contributed by atoms with Crippen LogP contribution in [0.4, 0.5) is 0 Å². The normalized spacial score (nSPS) is 18.6. The van der Waals surface area contributed by atoms with Gasteiger partial charge in [-0.3, -0.25) is 20.4 Å². The Morgan fingerprint density at radius 3 is 2.40 bits per heavy atom. The molecule has 1 aromatic rings. The molecule has 7 nitrogen and oxygen atoms in total. The van der Waals surface area contributed by atoms with Crippen molar-refractivity contribution in [3.05, 3.63) is 29.3 Å². The molecule has 1 aromatic carbocycles. The van der Waals surface area contributed by atoms with Crippen LogP contribution in [0.5, 0.6) is 5.75 Å². The quantitative estimate of drug-likeness (QED) is 0.700. The van der Waals surface area contributed by atoms with Crippen LogP contribution in [-0.4, -0.2) is 49.3 Å². The lowest BCUT2D eigenvalue weighted by molar-refractivity contribution is -0.128. The molecule has 2 rings (SSSR count). The summed E-state index contributed by atoms with van der Waals surface area (Å²) < 4.78 is 28.1. The second-order valence-electron chi connectivity index (χ2n) is 6.04. The molecule has 9 heteroatoms. The number of ether oxygens (including phenoxy) is 1. The number of carbonyl (C=O) groups is 2. The molecule has 2 amide bonds. The molecular formula is C16H22N2O5S2. The Hall–Kier alpha value is -1.74. The predicted octanol–water partition coefficient (Wildman–Crippen LogP) is 0.750. The zero-order chi connectivity index (χ0) is 18.4. The summed E-state index contributed by atoms with van der Waals surface area (Å²) in [7, 11) is -2.95. The number of sulfone groups is 1. The van der Waals surface area contributed by atoms with Crippen molar-refractivity contribution in [1.29, 1.82) is 0 Å². The van der Waals surface area contributed by atoms with Gasteiger partial charge < -0.3 is 4.74 Å². The van der Waals surface area contributed by atoms with E-state index in [0.29, 0.717) is 12.2 Å². The van der Waals surface area contributed by atoms with Crippen molar-refractivity contribution in [2.45, 2.75) is 25.5 Å². The average Bonchev–Trinajstić information content (AvgIpc) is 2.87. The number of hydrogen-bond acceptors (Lipinski definition) is 6. The van der Waals surface area contributed by atoms with E-state index >= 15 is 0 Å². The van der Waals surface area contributed by atoms with Crippen molar-refractivity contribution >= 4 is 33.4 Å². The van der Waals surface area contributed by atoms with E-state index in [1.54, 1.807) is 0 Å². The molecule has 0 unspecified atom stereocenters. The first-order chi connectivity index (χ1) is 11.7. The Morgan fingerprint density at radius 1 is 1.16 bits per heavy atom. The molecule has 0 spiro atoms. The maximum absolute atomic E-state index is 11.7. The Bertz CT molecular complexity index is 729. The third-order valence-corrected chi connectivity index (χ3v) is 6.83. The first-order valence-electron chi connectivity index (χ1n) is 7.84. The van der Waals surface area contributed by atoms with Gasteiger partial charge in [0.2, 0.25) is 5.91 Å².